The van der Waals surface area contributed by atoms with Crippen molar-refractivity contribution in [3.63, 3.8) is 0 Å². The topological polar surface area (TPSA) is 47.0 Å². The lowest BCUT2D eigenvalue weighted by Crippen LogP contribution is -1.96. The van der Waals surface area contributed by atoms with Crippen LogP contribution in [0.4, 0.5) is 0 Å². The average molecular weight is 271 g/mol. The number of pyridine rings is 1. The van der Waals surface area contributed by atoms with Gasteiger partial charge in [-0.15, -0.1) is 0 Å². The van der Waals surface area contributed by atoms with E-state index in [1.165, 1.54) is 12.4 Å². The van der Waals surface area contributed by atoms with E-state index in [0.29, 0.717) is 10.0 Å². The zero-order valence-corrected chi connectivity index (χ0v) is 9.24. The summed E-state index contributed by atoms with van der Waals surface area (Å²) in [6, 6.07) is 0. The maximum atomic E-state index is 11.0. The van der Waals surface area contributed by atoms with Crippen molar-refractivity contribution >= 4 is 35.7 Å². The third-order valence-corrected chi connectivity index (χ3v) is 3.63. The molecule has 0 saturated carbocycles. The number of rotatable bonds is 1. The first-order valence-corrected chi connectivity index (χ1v) is 6.08. The van der Waals surface area contributed by atoms with Gasteiger partial charge in [0.15, 0.2) is 0 Å². The molecule has 1 heterocycles. The Bertz CT molecular complexity index is 384. The second-order valence-corrected chi connectivity index (χ2v) is 5.56. The molecule has 0 radical (unpaired) electrons. The highest BCUT2D eigenvalue weighted by Gasteiger charge is 2.16. The van der Waals surface area contributed by atoms with Gasteiger partial charge in [-0.2, -0.15) is 0 Å². The van der Waals surface area contributed by atoms with Crippen molar-refractivity contribution in [2.45, 2.75) is 11.8 Å². The van der Waals surface area contributed by atoms with Gasteiger partial charge in [-0.05, 0) is 28.4 Å². The number of aryl methyl sites for hydroxylation is 1. The van der Waals surface area contributed by atoms with E-state index < -0.39 is 9.05 Å². The first kappa shape index (κ1) is 9.95. The van der Waals surface area contributed by atoms with Crippen LogP contribution in [0.5, 0.6) is 0 Å². The molecular weight excluding hydrogens is 265 g/mol. The van der Waals surface area contributed by atoms with Gasteiger partial charge in [0.1, 0.15) is 4.90 Å². The van der Waals surface area contributed by atoms with Gasteiger partial charge in [-0.25, -0.2) is 8.42 Å². The Hall–Kier alpha value is -0.130. The van der Waals surface area contributed by atoms with Crippen LogP contribution in [0.25, 0.3) is 0 Å². The third kappa shape index (κ3) is 1.97. The second-order valence-electron chi connectivity index (χ2n) is 2.21. The van der Waals surface area contributed by atoms with Gasteiger partial charge in [-0.3, -0.25) is 4.98 Å². The highest BCUT2D eigenvalue weighted by molar-refractivity contribution is 9.10. The van der Waals surface area contributed by atoms with Gasteiger partial charge in [0.05, 0.1) is 4.47 Å². The Kier molecular flexibility index (Phi) is 2.75. The van der Waals surface area contributed by atoms with Crippen LogP contribution in [0.3, 0.4) is 0 Å². The van der Waals surface area contributed by atoms with Crippen molar-refractivity contribution in [3.8, 4) is 0 Å². The number of hydrogen-bond donors (Lipinski definition) is 0. The van der Waals surface area contributed by atoms with Gasteiger partial charge < -0.3 is 0 Å². The highest BCUT2D eigenvalue weighted by Crippen LogP contribution is 2.26. The molecule has 1 aromatic heterocycles. The van der Waals surface area contributed by atoms with Crippen LogP contribution < -0.4 is 0 Å². The van der Waals surface area contributed by atoms with Crippen LogP contribution in [0, 0.1) is 6.92 Å². The van der Waals surface area contributed by atoms with Gasteiger partial charge >= 0.3 is 0 Å². The monoisotopic (exact) mass is 269 g/mol. The van der Waals surface area contributed by atoms with E-state index in [2.05, 4.69) is 20.9 Å². The summed E-state index contributed by atoms with van der Waals surface area (Å²) < 4.78 is 22.4. The lowest BCUT2D eigenvalue weighted by Gasteiger charge is -2.02. The van der Waals surface area contributed by atoms with Crippen LogP contribution >= 0.6 is 26.6 Å². The molecule has 0 atom stereocenters. The molecule has 0 aromatic carbocycles. The Morgan fingerprint density at radius 2 is 2.08 bits per heavy atom. The van der Waals surface area contributed by atoms with Crippen molar-refractivity contribution in [1.29, 1.82) is 0 Å². The van der Waals surface area contributed by atoms with Crippen LogP contribution in [0.15, 0.2) is 21.8 Å². The Morgan fingerprint density at radius 1 is 1.50 bits per heavy atom. The van der Waals surface area contributed by atoms with Gasteiger partial charge in [0.25, 0.3) is 9.05 Å². The van der Waals surface area contributed by atoms with E-state index in [0.717, 1.165) is 0 Å². The Labute approximate surface area is 83.3 Å². The van der Waals surface area contributed by atoms with Crippen molar-refractivity contribution in [2.24, 2.45) is 0 Å². The Morgan fingerprint density at radius 3 is 2.42 bits per heavy atom. The van der Waals surface area contributed by atoms with E-state index in [9.17, 15) is 8.42 Å². The first-order chi connectivity index (χ1) is 5.43. The van der Waals surface area contributed by atoms with E-state index in [1.807, 2.05) is 0 Å². The number of hydrogen-bond acceptors (Lipinski definition) is 3. The molecule has 0 aliphatic heterocycles. The largest absolute Gasteiger partial charge is 0.263 e. The number of aromatic nitrogens is 1. The molecule has 0 bridgehead atoms. The molecule has 0 unspecified atom stereocenters. The minimum Gasteiger partial charge on any atom is -0.263 e. The molecule has 0 aliphatic rings. The van der Waals surface area contributed by atoms with Gasteiger partial charge in [0, 0.05) is 23.1 Å². The van der Waals surface area contributed by atoms with Gasteiger partial charge in [-0.1, -0.05) is 0 Å². The smallest absolute Gasteiger partial charge is 0.262 e. The molecule has 0 amide bonds. The predicted octanol–water partition coefficient (Wildman–Crippen LogP) is 2.08. The van der Waals surface area contributed by atoms with E-state index in [4.69, 9.17) is 10.7 Å². The molecule has 0 N–H and O–H groups in total. The zero-order valence-electron chi connectivity index (χ0n) is 6.08. The van der Waals surface area contributed by atoms with Crippen LogP contribution in [0.2, 0.25) is 0 Å². The summed E-state index contributed by atoms with van der Waals surface area (Å²) >= 11 is 3.06. The normalized spacial score (nSPS) is 11.6. The summed E-state index contributed by atoms with van der Waals surface area (Å²) in [6.45, 7) is 1.63. The third-order valence-electron chi connectivity index (χ3n) is 1.27. The second kappa shape index (κ2) is 3.32. The molecule has 1 aromatic rings. The molecule has 0 spiro atoms. The molecule has 3 nitrogen and oxygen atoms in total. The zero-order chi connectivity index (χ0) is 9.35. The lowest BCUT2D eigenvalue weighted by atomic mass is 10.3. The molecule has 6 heteroatoms. The van der Waals surface area contributed by atoms with Crippen LogP contribution in [-0.2, 0) is 9.05 Å². The summed E-state index contributed by atoms with van der Waals surface area (Å²) in [5, 5.41) is 0. The summed E-state index contributed by atoms with van der Waals surface area (Å²) in [7, 11) is 1.50. The summed E-state index contributed by atoms with van der Waals surface area (Å²) in [6.07, 6.45) is 2.84. The van der Waals surface area contributed by atoms with E-state index in [1.54, 1.807) is 6.92 Å². The van der Waals surface area contributed by atoms with Crippen LogP contribution in [-0.4, -0.2) is 13.4 Å². The fourth-order valence-electron chi connectivity index (χ4n) is 0.829. The minimum absolute atomic E-state index is 0.0826. The van der Waals surface area contributed by atoms with Gasteiger partial charge in [0.2, 0.25) is 0 Å². The summed E-state index contributed by atoms with van der Waals surface area (Å²) in [4.78, 5) is 3.87. The predicted molar refractivity (Wildman–Crippen MR) is 49.7 cm³/mol. The molecule has 1 rings (SSSR count). The number of halogens is 2. The molecule has 66 valence electrons. The van der Waals surface area contributed by atoms with Crippen molar-refractivity contribution in [1.82, 2.24) is 4.98 Å². The van der Waals surface area contributed by atoms with E-state index in [-0.39, 0.29) is 4.90 Å². The summed E-state index contributed by atoms with van der Waals surface area (Å²) in [5.41, 5.74) is 0.527. The lowest BCUT2D eigenvalue weighted by molar-refractivity contribution is 0.608. The maximum Gasteiger partial charge on any atom is 0.262 e. The fraction of sp³-hybridized carbons (Fsp3) is 0.167. The molecule has 0 fully saturated rings. The average Bonchev–Trinajstić information content (AvgIpc) is 1.82. The standard InChI is InChI=1S/C6H5BrClNO2S/c1-4-2-9-3-5(7)6(4)12(8,10)11/h2-3H,1H3. The minimum atomic E-state index is -3.68. The summed E-state index contributed by atoms with van der Waals surface area (Å²) in [5.74, 6) is 0. The van der Waals surface area contributed by atoms with E-state index >= 15 is 0 Å². The molecule has 12 heavy (non-hydrogen) atoms. The fourth-order valence-corrected chi connectivity index (χ4v) is 3.52. The molecule has 0 saturated heterocycles. The van der Waals surface area contributed by atoms with Crippen molar-refractivity contribution < 1.29 is 8.42 Å². The highest BCUT2D eigenvalue weighted by atomic mass is 79.9. The number of nitrogens with zero attached hydrogens (tertiary/aromatic N) is 1. The molecule has 0 aliphatic carbocycles. The quantitative estimate of drug-likeness (QED) is 0.734. The van der Waals surface area contributed by atoms with Crippen molar-refractivity contribution in [2.75, 3.05) is 0 Å². The van der Waals surface area contributed by atoms with Crippen molar-refractivity contribution in [3.05, 3.63) is 22.4 Å². The van der Waals surface area contributed by atoms with Crippen LogP contribution in [0.1, 0.15) is 5.56 Å². The SMILES string of the molecule is Cc1cncc(Br)c1S(=O)(=O)Cl. The maximum absolute atomic E-state index is 11.0. The molecular formula is C6H5BrClNO2S. The first-order valence-electron chi connectivity index (χ1n) is 2.97. The Balaban J connectivity index is 3.53.